The van der Waals surface area contributed by atoms with Gasteiger partial charge < -0.3 is 0 Å². The molecule has 0 radical (unpaired) electrons. The van der Waals surface area contributed by atoms with Crippen molar-refractivity contribution in [2.75, 3.05) is 0 Å². The quantitative estimate of drug-likeness (QED) is 0.545. The van der Waals surface area contributed by atoms with Crippen molar-refractivity contribution >= 4 is 0 Å². The molecule has 0 atom stereocenters. The Kier molecular flexibility index (Phi) is 3.63. The van der Waals surface area contributed by atoms with E-state index in [1.54, 1.807) is 6.07 Å². The number of rotatable bonds is 4. The predicted molar refractivity (Wildman–Crippen MR) is 55.7 cm³/mol. The Morgan fingerprint density at radius 1 is 1.36 bits per heavy atom. The third kappa shape index (κ3) is 3.56. The lowest BCUT2D eigenvalue weighted by Gasteiger charge is -2.05. The van der Waals surface area contributed by atoms with Gasteiger partial charge in [0, 0.05) is 10.5 Å². The minimum Gasteiger partial charge on any atom is -0.264 e. The summed E-state index contributed by atoms with van der Waals surface area (Å²) in [7, 11) is 0. The van der Waals surface area contributed by atoms with Gasteiger partial charge in [-0.2, -0.15) is 0 Å². The molecule has 0 aliphatic rings. The van der Waals surface area contributed by atoms with Crippen molar-refractivity contribution in [2.24, 2.45) is 5.92 Å². The molecule has 1 aromatic carbocycles. The van der Waals surface area contributed by atoms with Gasteiger partial charge in [-0.15, -0.1) is 0 Å². The summed E-state index contributed by atoms with van der Waals surface area (Å²) in [6.07, 6.45) is 0.978. The molecule has 0 heterocycles. The molecule has 3 nitrogen and oxygen atoms in total. The summed E-state index contributed by atoms with van der Waals surface area (Å²) in [6, 6.07) is 7.62. The molecule has 0 fully saturated rings. The molecular weight excluding hydrogens is 178 g/mol. The van der Waals surface area contributed by atoms with E-state index in [1.165, 1.54) is 5.56 Å². The highest BCUT2D eigenvalue weighted by Crippen LogP contribution is 2.11. The van der Waals surface area contributed by atoms with Crippen molar-refractivity contribution < 1.29 is 4.92 Å². The van der Waals surface area contributed by atoms with Crippen LogP contribution in [0.15, 0.2) is 24.3 Å². The van der Waals surface area contributed by atoms with E-state index in [2.05, 4.69) is 13.8 Å². The first-order valence-corrected chi connectivity index (χ1v) is 4.77. The summed E-state index contributed by atoms with van der Waals surface area (Å²) in [5, 5.41) is 10.3. The fourth-order valence-electron chi connectivity index (χ4n) is 1.48. The number of benzene rings is 1. The number of nitrogens with zero attached hydrogens (tertiary/aromatic N) is 1. The Bertz CT molecular complexity index is 321. The van der Waals surface area contributed by atoms with E-state index in [9.17, 15) is 10.1 Å². The summed E-state index contributed by atoms with van der Waals surface area (Å²) < 4.78 is 0. The highest BCUT2D eigenvalue weighted by molar-refractivity contribution is 5.23. The summed E-state index contributed by atoms with van der Waals surface area (Å²) in [5.74, 6) is 0.584. The van der Waals surface area contributed by atoms with E-state index in [0.29, 0.717) is 5.92 Å². The maximum atomic E-state index is 10.3. The fourth-order valence-corrected chi connectivity index (χ4v) is 1.48. The Morgan fingerprint density at radius 3 is 2.57 bits per heavy atom. The van der Waals surface area contributed by atoms with Crippen LogP contribution in [0, 0.1) is 16.0 Å². The molecule has 0 bridgehead atoms. The number of nitro groups is 1. The zero-order valence-corrected chi connectivity index (χ0v) is 8.56. The van der Waals surface area contributed by atoms with Gasteiger partial charge in [0.25, 0.3) is 0 Å². The van der Waals surface area contributed by atoms with Gasteiger partial charge in [-0.1, -0.05) is 32.0 Å². The van der Waals surface area contributed by atoms with Gasteiger partial charge in [-0.3, -0.25) is 10.1 Å². The second kappa shape index (κ2) is 4.74. The van der Waals surface area contributed by atoms with Crippen LogP contribution in [0.5, 0.6) is 0 Å². The summed E-state index contributed by atoms with van der Waals surface area (Å²) in [4.78, 5) is 10.0. The molecule has 0 unspecified atom stereocenters. The molecule has 1 aromatic rings. The largest absolute Gasteiger partial charge is 0.264 e. The molecule has 0 saturated heterocycles. The van der Waals surface area contributed by atoms with Crippen molar-refractivity contribution in [3.63, 3.8) is 0 Å². The average Bonchev–Trinajstić information content (AvgIpc) is 2.01. The number of hydrogen-bond donors (Lipinski definition) is 0. The maximum absolute atomic E-state index is 10.3. The van der Waals surface area contributed by atoms with Gasteiger partial charge in [0.2, 0.25) is 6.54 Å². The van der Waals surface area contributed by atoms with Crippen LogP contribution in [-0.2, 0) is 13.0 Å². The van der Waals surface area contributed by atoms with E-state index in [4.69, 9.17) is 0 Å². The van der Waals surface area contributed by atoms with Crippen LogP contribution in [0.25, 0.3) is 0 Å². The first-order chi connectivity index (χ1) is 6.58. The van der Waals surface area contributed by atoms with Crippen LogP contribution in [0.4, 0.5) is 0 Å². The predicted octanol–water partition coefficient (Wildman–Crippen LogP) is 2.66. The molecule has 76 valence electrons. The van der Waals surface area contributed by atoms with Crippen molar-refractivity contribution in [1.82, 2.24) is 0 Å². The molecule has 0 aromatic heterocycles. The van der Waals surface area contributed by atoms with Crippen LogP contribution in [0.3, 0.4) is 0 Å². The zero-order chi connectivity index (χ0) is 10.6. The van der Waals surface area contributed by atoms with Crippen molar-refractivity contribution in [3.05, 3.63) is 45.5 Å². The van der Waals surface area contributed by atoms with Crippen LogP contribution in [-0.4, -0.2) is 4.92 Å². The minimum atomic E-state index is -0.297. The van der Waals surface area contributed by atoms with E-state index < -0.39 is 0 Å². The van der Waals surface area contributed by atoms with Gasteiger partial charge >= 0.3 is 0 Å². The Balaban J connectivity index is 2.73. The van der Waals surface area contributed by atoms with Crippen LogP contribution in [0.2, 0.25) is 0 Å². The summed E-state index contributed by atoms with van der Waals surface area (Å²) in [5.41, 5.74) is 1.97. The second-order valence-electron chi connectivity index (χ2n) is 3.91. The Labute approximate surface area is 83.9 Å². The highest BCUT2D eigenvalue weighted by atomic mass is 16.6. The first-order valence-electron chi connectivity index (χ1n) is 4.77. The zero-order valence-electron chi connectivity index (χ0n) is 8.56. The molecular formula is C11H15NO2. The van der Waals surface area contributed by atoms with E-state index in [1.807, 2.05) is 18.2 Å². The van der Waals surface area contributed by atoms with E-state index in [0.717, 1.165) is 12.0 Å². The van der Waals surface area contributed by atoms with Gasteiger partial charge in [-0.25, -0.2) is 0 Å². The molecule has 0 spiro atoms. The van der Waals surface area contributed by atoms with Crippen molar-refractivity contribution in [1.29, 1.82) is 0 Å². The summed E-state index contributed by atoms with van der Waals surface area (Å²) >= 11 is 0. The highest BCUT2D eigenvalue weighted by Gasteiger charge is 2.03. The summed E-state index contributed by atoms with van der Waals surface area (Å²) in [6.45, 7) is 4.20. The van der Waals surface area contributed by atoms with Crippen molar-refractivity contribution in [2.45, 2.75) is 26.8 Å². The third-order valence-electron chi connectivity index (χ3n) is 1.95. The SMILES string of the molecule is CC(C)Cc1cccc(C[N+](=O)[O-])c1. The second-order valence-corrected chi connectivity index (χ2v) is 3.91. The molecule has 0 saturated carbocycles. The molecule has 1 rings (SSSR count). The van der Waals surface area contributed by atoms with Gasteiger partial charge in [0.15, 0.2) is 0 Å². The number of hydrogen-bond acceptors (Lipinski definition) is 2. The molecule has 14 heavy (non-hydrogen) atoms. The van der Waals surface area contributed by atoms with E-state index >= 15 is 0 Å². The molecule has 0 aliphatic heterocycles. The third-order valence-corrected chi connectivity index (χ3v) is 1.95. The lowest BCUT2D eigenvalue weighted by Crippen LogP contribution is -2.00. The van der Waals surface area contributed by atoms with Crippen LogP contribution >= 0.6 is 0 Å². The molecule has 0 amide bonds. The lowest BCUT2D eigenvalue weighted by molar-refractivity contribution is -0.496. The fraction of sp³-hybridized carbons (Fsp3) is 0.455. The molecule has 3 heteroatoms. The van der Waals surface area contributed by atoms with E-state index in [-0.39, 0.29) is 11.5 Å². The standard InChI is InChI=1S/C11H15NO2/c1-9(2)6-10-4-3-5-11(7-10)8-12(13)14/h3-5,7,9H,6,8H2,1-2H3. The Morgan fingerprint density at radius 2 is 2.00 bits per heavy atom. The molecule has 0 aliphatic carbocycles. The minimum absolute atomic E-state index is 0.0774. The van der Waals surface area contributed by atoms with Gasteiger partial charge in [-0.05, 0) is 24.0 Å². The van der Waals surface area contributed by atoms with Crippen molar-refractivity contribution in [3.8, 4) is 0 Å². The normalized spacial score (nSPS) is 10.5. The van der Waals surface area contributed by atoms with Crippen LogP contribution < -0.4 is 0 Å². The monoisotopic (exact) mass is 193 g/mol. The topological polar surface area (TPSA) is 43.1 Å². The Hall–Kier alpha value is -1.38. The molecule has 0 N–H and O–H groups in total. The lowest BCUT2D eigenvalue weighted by atomic mass is 10.0. The van der Waals surface area contributed by atoms with Gasteiger partial charge in [0.05, 0.1) is 0 Å². The smallest absolute Gasteiger partial charge is 0.228 e. The first kappa shape index (κ1) is 10.7. The maximum Gasteiger partial charge on any atom is 0.228 e. The van der Waals surface area contributed by atoms with Gasteiger partial charge in [0.1, 0.15) is 0 Å². The van der Waals surface area contributed by atoms with Crippen LogP contribution in [0.1, 0.15) is 25.0 Å². The average molecular weight is 193 g/mol.